The molecule has 1 aromatic carbocycles. The molecule has 0 unspecified atom stereocenters. The quantitative estimate of drug-likeness (QED) is 0.682. The lowest BCUT2D eigenvalue weighted by Crippen LogP contribution is -2.23. The molecule has 0 saturated carbocycles. The molecule has 86 valence electrons. The standard InChI is InChI=1S/C10H12N2O4/c1-16-6-2-3-7(10(14)15)8(4-6)12-9(13)5-11/h2-4H,5,11H2,1H3,(H,12,13)(H,14,15). The van der Waals surface area contributed by atoms with Crippen LogP contribution in [0.5, 0.6) is 5.75 Å². The highest BCUT2D eigenvalue weighted by Crippen LogP contribution is 2.22. The zero-order chi connectivity index (χ0) is 12.1. The van der Waals surface area contributed by atoms with Crippen LogP contribution in [0.3, 0.4) is 0 Å². The monoisotopic (exact) mass is 224 g/mol. The van der Waals surface area contributed by atoms with E-state index in [1.54, 1.807) is 0 Å². The summed E-state index contributed by atoms with van der Waals surface area (Å²) in [6.45, 7) is -0.212. The normalized spacial score (nSPS) is 9.62. The van der Waals surface area contributed by atoms with Crippen molar-refractivity contribution in [1.82, 2.24) is 0 Å². The van der Waals surface area contributed by atoms with Crippen LogP contribution < -0.4 is 15.8 Å². The van der Waals surface area contributed by atoms with Gasteiger partial charge < -0.3 is 20.9 Å². The first-order valence-electron chi connectivity index (χ1n) is 4.49. The number of aromatic carboxylic acids is 1. The van der Waals surface area contributed by atoms with Crippen molar-refractivity contribution < 1.29 is 19.4 Å². The fourth-order valence-corrected chi connectivity index (χ4v) is 1.14. The number of carbonyl (C=O) groups excluding carboxylic acids is 1. The number of hydrogen-bond acceptors (Lipinski definition) is 4. The molecule has 0 aliphatic heterocycles. The van der Waals surface area contributed by atoms with Crippen molar-refractivity contribution in [3.05, 3.63) is 23.8 Å². The summed E-state index contributed by atoms with van der Waals surface area (Å²) >= 11 is 0. The van der Waals surface area contributed by atoms with Gasteiger partial charge in [0.1, 0.15) is 5.75 Å². The van der Waals surface area contributed by atoms with Crippen molar-refractivity contribution >= 4 is 17.6 Å². The molecule has 4 N–H and O–H groups in total. The first-order chi connectivity index (χ1) is 7.58. The van der Waals surface area contributed by atoms with Gasteiger partial charge in [-0.2, -0.15) is 0 Å². The lowest BCUT2D eigenvalue weighted by atomic mass is 10.1. The maximum atomic E-state index is 11.1. The molecule has 0 spiro atoms. The van der Waals surface area contributed by atoms with Gasteiger partial charge in [0.2, 0.25) is 5.91 Å². The number of nitrogens with one attached hydrogen (secondary N) is 1. The van der Waals surface area contributed by atoms with Crippen LogP contribution in [0.4, 0.5) is 5.69 Å². The average molecular weight is 224 g/mol. The van der Waals surface area contributed by atoms with Crippen molar-refractivity contribution in [2.45, 2.75) is 0 Å². The summed E-state index contributed by atoms with van der Waals surface area (Å²) in [6, 6.07) is 4.28. The summed E-state index contributed by atoms with van der Waals surface area (Å²) in [5, 5.41) is 11.3. The van der Waals surface area contributed by atoms with Crippen LogP contribution in [-0.4, -0.2) is 30.6 Å². The summed E-state index contributed by atoms with van der Waals surface area (Å²) in [5.74, 6) is -1.14. The first kappa shape index (κ1) is 12.0. The molecule has 0 heterocycles. The zero-order valence-electron chi connectivity index (χ0n) is 8.69. The fraction of sp³-hybridized carbons (Fsp3) is 0.200. The Morgan fingerprint density at radius 3 is 2.69 bits per heavy atom. The van der Waals surface area contributed by atoms with Crippen LogP contribution in [0, 0.1) is 0 Å². The van der Waals surface area contributed by atoms with Crippen molar-refractivity contribution in [2.24, 2.45) is 5.73 Å². The molecule has 0 aromatic heterocycles. The Morgan fingerprint density at radius 2 is 2.19 bits per heavy atom. The van der Waals surface area contributed by atoms with E-state index in [2.05, 4.69) is 5.32 Å². The van der Waals surface area contributed by atoms with Gasteiger partial charge in [0.15, 0.2) is 0 Å². The third-order valence-electron chi connectivity index (χ3n) is 1.92. The molecule has 1 amide bonds. The topological polar surface area (TPSA) is 102 Å². The molecule has 6 nitrogen and oxygen atoms in total. The molecule has 0 bridgehead atoms. The number of anilines is 1. The van der Waals surface area contributed by atoms with Gasteiger partial charge in [0.05, 0.1) is 24.9 Å². The van der Waals surface area contributed by atoms with E-state index in [0.717, 1.165) is 0 Å². The Labute approximate surface area is 92.0 Å². The van der Waals surface area contributed by atoms with Crippen LogP contribution >= 0.6 is 0 Å². The van der Waals surface area contributed by atoms with Gasteiger partial charge in [-0.05, 0) is 12.1 Å². The minimum Gasteiger partial charge on any atom is -0.497 e. The van der Waals surface area contributed by atoms with Crippen molar-refractivity contribution in [2.75, 3.05) is 19.0 Å². The fourth-order valence-electron chi connectivity index (χ4n) is 1.14. The van der Waals surface area contributed by atoms with E-state index < -0.39 is 11.9 Å². The van der Waals surface area contributed by atoms with E-state index in [1.165, 1.54) is 25.3 Å². The predicted octanol–water partition coefficient (Wildman–Crippen LogP) is 0.291. The van der Waals surface area contributed by atoms with Crippen LogP contribution in [0.25, 0.3) is 0 Å². The number of ether oxygens (including phenoxy) is 1. The maximum absolute atomic E-state index is 11.1. The lowest BCUT2D eigenvalue weighted by molar-refractivity contribution is -0.114. The first-order valence-corrected chi connectivity index (χ1v) is 4.49. The summed E-state index contributed by atoms with van der Waals surface area (Å²) in [4.78, 5) is 22.0. The van der Waals surface area contributed by atoms with Crippen LogP contribution in [-0.2, 0) is 4.79 Å². The Morgan fingerprint density at radius 1 is 1.50 bits per heavy atom. The van der Waals surface area contributed by atoms with Gasteiger partial charge >= 0.3 is 5.97 Å². The van der Waals surface area contributed by atoms with Gasteiger partial charge in [-0.25, -0.2) is 4.79 Å². The molecular formula is C10H12N2O4. The molecule has 0 aliphatic carbocycles. The smallest absolute Gasteiger partial charge is 0.337 e. The molecule has 0 atom stereocenters. The van der Waals surface area contributed by atoms with E-state index in [4.69, 9.17) is 15.6 Å². The average Bonchev–Trinajstić information content (AvgIpc) is 2.28. The van der Waals surface area contributed by atoms with Gasteiger partial charge in [0, 0.05) is 6.07 Å². The summed E-state index contributed by atoms with van der Waals surface area (Å²) < 4.78 is 4.93. The van der Waals surface area contributed by atoms with E-state index in [0.29, 0.717) is 5.75 Å². The number of benzene rings is 1. The molecule has 1 rings (SSSR count). The molecule has 16 heavy (non-hydrogen) atoms. The minimum absolute atomic E-state index is 0.0115. The van der Waals surface area contributed by atoms with Crippen LogP contribution in [0.15, 0.2) is 18.2 Å². The van der Waals surface area contributed by atoms with Crippen LogP contribution in [0.2, 0.25) is 0 Å². The van der Waals surface area contributed by atoms with E-state index >= 15 is 0 Å². The second kappa shape index (κ2) is 5.13. The largest absolute Gasteiger partial charge is 0.497 e. The van der Waals surface area contributed by atoms with Crippen molar-refractivity contribution in [3.8, 4) is 5.75 Å². The zero-order valence-corrected chi connectivity index (χ0v) is 8.69. The highest BCUT2D eigenvalue weighted by Gasteiger charge is 2.12. The number of carboxylic acid groups (broad SMARTS) is 1. The molecule has 0 aliphatic rings. The van der Waals surface area contributed by atoms with Gasteiger partial charge in [-0.1, -0.05) is 0 Å². The Kier molecular flexibility index (Phi) is 3.84. The lowest BCUT2D eigenvalue weighted by Gasteiger charge is -2.09. The second-order valence-electron chi connectivity index (χ2n) is 2.97. The van der Waals surface area contributed by atoms with Crippen molar-refractivity contribution in [1.29, 1.82) is 0 Å². The Hall–Kier alpha value is -2.08. The number of methoxy groups -OCH3 is 1. The summed E-state index contributed by atoms with van der Waals surface area (Å²) in [6.07, 6.45) is 0. The number of amides is 1. The van der Waals surface area contributed by atoms with E-state index in [1.807, 2.05) is 0 Å². The minimum atomic E-state index is -1.13. The van der Waals surface area contributed by atoms with E-state index in [-0.39, 0.29) is 17.8 Å². The maximum Gasteiger partial charge on any atom is 0.337 e. The third-order valence-corrected chi connectivity index (χ3v) is 1.92. The molecule has 6 heteroatoms. The molecular weight excluding hydrogens is 212 g/mol. The Bertz CT molecular complexity index is 417. The molecule has 0 fully saturated rings. The third kappa shape index (κ3) is 2.71. The molecule has 0 radical (unpaired) electrons. The highest BCUT2D eigenvalue weighted by atomic mass is 16.5. The van der Waals surface area contributed by atoms with E-state index in [9.17, 15) is 9.59 Å². The second-order valence-corrected chi connectivity index (χ2v) is 2.97. The summed E-state index contributed by atoms with van der Waals surface area (Å²) in [5.41, 5.74) is 5.28. The highest BCUT2D eigenvalue weighted by molar-refractivity contribution is 6.01. The SMILES string of the molecule is COc1ccc(C(=O)O)c(NC(=O)CN)c1. The number of carbonyl (C=O) groups is 2. The van der Waals surface area contributed by atoms with Gasteiger partial charge in [0.25, 0.3) is 0 Å². The van der Waals surface area contributed by atoms with Crippen molar-refractivity contribution in [3.63, 3.8) is 0 Å². The molecule has 1 aromatic rings. The Balaban J connectivity index is 3.10. The van der Waals surface area contributed by atoms with Gasteiger partial charge in [-0.15, -0.1) is 0 Å². The van der Waals surface area contributed by atoms with Gasteiger partial charge in [-0.3, -0.25) is 4.79 Å². The molecule has 0 saturated heterocycles. The van der Waals surface area contributed by atoms with Crippen LogP contribution in [0.1, 0.15) is 10.4 Å². The number of hydrogen-bond donors (Lipinski definition) is 3. The predicted molar refractivity (Wildman–Crippen MR) is 57.6 cm³/mol. The number of carboxylic acids is 1. The summed E-state index contributed by atoms with van der Waals surface area (Å²) in [7, 11) is 1.45. The number of rotatable bonds is 4. The number of nitrogens with two attached hydrogens (primary N) is 1.